The van der Waals surface area contributed by atoms with Crippen LogP contribution in [0.25, 0.3) is 0 Å². The van der Waals surface area contributed by atoms with Gasteiger partial charge in [0.15, 0.2) is 0 Å². The van der Waals surface area contributed by atoms with Gasteiger partial charge in [-0.15, -0.1) is 11.3 Å². The van der Waals surface area contributed by atoms with Crippen LogP contribution in [-0.2, 0) is 17.9 Å². The SMILES string of the molecule is Cc1cccc(OCc2nc(CN(C(=O)C3CC3)C(C)C)cs2)c1C. The Balaban J connectivity index is 1.61. The summed E-state index contributed by atoms with van der Waals surface area (Å²) in [5, 5.41) is 2.98. The van der Waals surface area contributed by atoms with Gasteiger partial charge in [0.2, 0.25) is 5.91 Å². The number of aryl methyl sites for hydroxylation is 1. The highest BCUT2D eigenvalue weighted by Crippen LogP contribution is 2.32. The molecular formula is C20H26N2O2S. The summed E-state index contributed by atoms with van der Waals surface area (Å²) in [4.78, 5) is 19.0. The quantitative estimate of drug-likeness (QED) is 0.732. The van der Waals surface area contributed by atoms with Crippen LogP contribution in [0.2, 0.25) is 0 Å². The van der Waals surface area contributed by atoms with E-state index in [4.69, 9.17) is 4.74 Å². The smallest absolute Gasteiger partial charge is 0.226 e. The molecule has 1 heterocycles. The number of rotatable bonds is 7. The molecule has 0 spiro atoms. The maximum Gasteiger partial charge on any atom is 0.226 e. The third-order valence-corrected chi connectivity index (χ3v) is 5.54. The van der Waals surface area contributed by atoms with E-state index in [9.17, 15) is 4.79 Å². The minimum atomic E-state index is 0.199. The molecule has 0 radical (unpaired) electrons. The standard InChI is InChI=1S/C20H26N2O2S/c1-13(2)22(20(23)16-8-9-16)10-17-12-25-19(21-17)11-24-18-7-5-6-14(3)15(18)4/h5-7,12-13,16H,8-11H2,1-4H3. The fraction of sp³-hybridized carbons (Fsp3) is 0.500. The number of thiazole rings is 1. The van der Waals surface area contributed by atoms with Crippen molar-refractivity contribution in [1.82, 2.24) is 9.88 Å². The number of carbonyl (C=O) groups excluding carboxylic acids is 1. The van der Waals surface area contributed by atoms with Crippen LogP contribution in [-0.4, -0.2) is 21.8 Å². The molecule has 0 unspecified atom stereocenters. The largest absolute Gasteiger partial charge is 0.486 e. The van der Waals surface area contributed by atoms with Crippen molar-refractivity contribution in [3.63, 3.8) is 0 Å². The molecule has 4 nitrogen and oxygen atoms in total. The lowest BCUT2D eigenvalue weighted by Crippen LogP contribution is -2.37. The van der Waals surface area contributed by atoms with E-state index in [-0.39, 0.29) is 17.9 Å². The molecule has 1 aromatic carbocycles. The Morgan fingerprint density at radius 2 is 2.12 bits per heavy atom. The molecule has 1 saturated carbocycles. The zero-order valence-corrected chi connectivity index (χ0v) is 16.2. The molecular weight excluding hydrogens is 332 g/mol. The second-order valence-electron chi connectivity index (χ2n) is 7.05. The molecule has 0 bridgehead atoms. The zero-order valence-electron chi connectivity index (χ0n) is 15.4. The van der Waals surface area contributed by atoms with Gasteiger partial charge in [-0.05, 0) is 57.7 Å². The summed E-state index contributed by atoms with van der Waals surface area (Å²) in [6, 6.07) is 6.28. The first-order valence-electron chi connectivity index (χ1n) is 8.88. The number of benzene rings is 1. The highest BCUT2D eigenvalue weighted by Gasteiger charge is 2.34. The van der Waals surface area contributed by atoms with E-state index in [2.05, 4.69) is 38.7 Å². The maximum atomic E-state index is 12.4. The van der Waals surface area contributed by atoms with Gasteiger partial charge in [-0.3, -0.25) is 4.79 Å². The predicted molar refractivity (Wildman–Crippen MR) is 101 cm³/mol. The number of amides is 1. The third-order valence-electron chi connectivity index (χ3n) is 4.67. The summed E-state index contributed by atoms with van der Waals surface area (Å²) in [7, 11) is 0. The van der Waals surface area contributed by atoms with Gasteiger partial charge >= 0.3 is 0 Å². The van der Waals surface area contributed by atoms with Crippen LogP contribution in [0, 0.1) is 19.8 Å². The van der Waals surface area contributed by atoms with E-state index in [1.54, 1.807) is 11.3 Å². The zero-order chi connectivity index (χ0) is 18.0. The van der Waals surface area contributed by atoms with Gasteiger partial charge in [-0.25, -0.2) is 4.98 Å². The first-order chi connectivity index (χ1) is 12.0. The number of ether oxygens (including phenoxy) is 1. The van der Waals surface area contributed by atoms with E-state index in [0.29, 0.717) is 13.2 Å². The minimum absolute atomic E-state index is 0.199. The summed E-state index contributed by atoms with van der Waals surface area (Å²) in [6.45, 7) is 9.34. The Kier molecular flexibility index (Phi) is 5.42. The van der Waals surface area contributed by atoms with Crippen LogP contribution in [0.1, 0.15) is 48.5 Å². The molecule has 1 aliphatic carbocycles. The van der Waals surface area contributed by atoms with Crippen LogP contribution in [0.3, 0.4) is 0 Å². The van der Waals surface area contributed by atoms with Crippen molar-refractivity contribution < 1.29 is 9.53 Å². The highest BCUT2D eigenvalue weighted by molar-refractivity contribution is 7.09. The lowest BCUT2D eigenvalue weighted by molar-refractivity contribution is -0.135. The molecule has 0 atom stereocenters. The average Bonchev–Trinajstić information content (AvgIpc) is 3.33. The summed E-state index contributed by atoms with van der Waals surface area (Å²) >= 11 is 1.59. The third kappa shape index (κ3) is 4.40. The molecule has 1 fully saturated rings. The molecule has 25 heavy (non-hydrogen) atoms. The van der Waals surface area contributed by atoms with Crippen molar-refractivity contribution in [3.8, 4) is 5.75 Å². The fourth-order valence-electron chi connectivity index (χ4n) is 2.76. The maximum absolute atomic E-state index is 12.4. The monoisotopic (exact) mass is 358 g/mol. The van der Waals surface area contributed by atoms with E-state index >= 15 is 0 Å². The lowest BCUT2D eigenvalue weighted by Gasteiger charge is -2.26. The van der Waals surface area contributed by atoms with Gasteiger partial charge in [0.1, 0.15) is 17.4 Å². The van der Waals surface area contributed by atoms with Crippen molar-refractivity contribution in [3.05, 3.63) is 45.4 Å². The van der Waals surface area contributed by atoms with Gasteiger partial charge in [0.05, 0.1) is 12.2 Å². The van der Waals surface area contributed by atoms with E-state index in [0.717, 1.165) is 29.3 Å². The van der Waals surface area contributed by atoms with Crippen LogP contribution in [0.15, 0.2) is 23.6 Å². The van der Waals surface area contributed by atoms with Crippen LogP contribution >= 0.6 is 11.3 Å². The van der Waals surface area contributed by atoms with Crippen molar-refractivity contribution in [1.29, 1.82) is 0 Å². The number of aromatic nitrogens is 1. The topological polar surface area (TPSA) is 42.4 Å². The van der Waals surface area contributed by atoms with Gasteiger partial charge in [0, 0.05) is 17.3 Å². The molecule has 2 aromatic rings. The van der Waals surface area contributed by atoms with Gasteiger partial charge in [-0.1, -0.05) is 12.1 Å². The molecule has 0 saturated heterocycles. The Morgan fingerprint density at radius 1 is 1.36 bits per heavy atom. The first-order valence-corrected chi connectivity index (χ1v) is 9.76. The van der Waals surface area contributed by atoms with Gasteiger partial charge in [-0.2, -0.15) is 0 Å². The Labute approximate surface area is 153 Å². The number of hydrogen-bond acceptors (Lipinski definition) is 4. The van der Waals surface area contributed by atoms with E-state index in [1.807, 2.05) is 22.4 Å². The molecule has 3 rings (SSSR count). The molecule has 1 aliphatic rings. The summed E-state index contributed by atoms with van der Waals surface area (Å²) in [5.74, 6) is 1.42. The highest BCUT2D eigenvalue weighted by atomic mass is 32.1. The Morgan fingerprint density at radius 3 is 2.80 bits per heavy atom. The molecule has 1 aromatic heterocycles. The molecule has 1 amide bonds. The van der Waals surface area contributed by atoms with Crippen LogP contribution in [0.5, 0.6) is 5.75 Å². The Hall–Kier alpha value is -1.88. The van der Waals surface area contributed by atoms with Crippen LogP contribution < -0.4 is 4.74 Å². The van der Waals surface area contributed by atoms with Crippen molar-refractivity contribution >= 4 is 17.2 Å². The van der Waals surface area contributed by atoms with Gasteiger partial charge in [0.25, 0.3) is 0 Å². The molecule has 134 valence electrons. The second kappa shape index (κ2) is 7.56. The number of nitrogens with zero attached hydrogens (tertiary/aromatic N) is 2. The number of hydrogen-bond donors (Lipinski definition) is 0. The predicted octanol–water partition coefficient (Wildman–Crippen LogP) is 4.49. The van der Waals surface area contributed by atoms with E-state index < -0.39 is 0 Å². The fourth-order valence-corrected chi connectivity index (χ4v) is 3.46. The number of carbonyl (C=O) groups is 1. The van der Waals surface area contributed by atoms with E-state index in [1.165, 1.54) is 11.1 Å². The van der Waals surface area contributed by atoms with Crippen molar-refractivity contribution in [2.24, 2.45) is 5.92 Å². The summed E-state index contributed by atoms with van der Waals surface area (Å²) in [5.41, 5.74) is 3.34. The van der Waals surface area contributed by atoms with Crippen molar-refractivity contribution in [2.75, 3.05) is 0 Å². The minimum Gasteiger partial charge on any atom is -0.486 e. The van der Waals surface area contributed by atoms with Crippen molar-refractivity contribution in [2.45, 2.75) is 59.7 Å². The average molecular weight is 359 g/mol. The summed E-state index contributed by atoms with van der Waals surface area (Å²) < 4.78 is 5.93. The Bertz CT molecular complexity index is 750. The lowest BCUT2D eigenvalue weighted by atomic mass is 10.1. The second-order valence-corrected chi connectivity index (χ2v) is 8.00. The molecule has 0 N–H and O–H groups in total. The summed E-state index contributed by atoms with van der Waals surface area (Å²) in [6.07, 6.45) is 2.07. The first kappa shape index (κ1) is 17.9. The van der Waals surface area contributed by atoms with Crippen LogP contribution in [0.4, 0.5) is 0 Å². The molecule has 0 aliphatic heterocycles. The normalized spacial score (nSPS) is 14.0. The molecule has 5 heteroatoms. The van der Waals surface area contributed by atoms with Gasteiger partial charge < -0.3 is 9.64 Å².